The summed E-state index contributed by atoms with van der Waals surface area (Å²) < 4.78 is 13.7. The summed E-state index contributed by atoms with van der Waals surface area (Å²) in [4.78, 5) is 38.0. The number of hydrogen-bond acceptors (Lipinski definition) is 9. The fourth-order valence-electron chi connectivity index (χ4n) is 5.86. The third kappa shape index (κ3) is 6.59. The number of rotatable bonds is 6. The monoisotopic (exact) mass is 623 g/mol. The smallest absolute Gasteiger partial charge is 0.410 e. The number of para-hydroxylation sites is 1. The molecule has 3 aromatic heterocycles. The molecule has 0 unspecified atom stereocenters. The molecule has 1 aromatic carbocycles. The zero-order valence-corrected chi connectivity index (χ0v) is 26.2. The van der Waals surface area contributed by atoms with Crippen LogP contribution in [0.1, 0.15) is 56.9 Å². The number of pyridine rings is 2. The standard InChI is InChI=1S/C34H37N7O5/c1-34(2,3)46-33(44)40-17-13-25(14-18-40)45-31-29-26(23-9-10-28(36-21-23)39-15-11-22(20-35)12-16-39)19-27(32(42)43)37-30(29)41(38-31)24-7-5-4-6-8-24/h4-10,19,21-22,25H,11-18H2,1-3H3,(H,42,43). The van der Waals surface area contributed by atoms with Crippen molar-refractivity contribution in [1.82, 2.24) is 24.6 Å². The number of nitrogens with zero attached hydrogens (tertiary/aromatic N) is 7. The van der Waals surface area contributed by atoms with Crippen LogP contribution in [0.25, 0.3) is 27.8 Å². The van der Waals surface area contributed by atoms with Gasteiger partial charge in [0.15, 0.2) is 11.3 Å². The van der Waals surface area contributed by atoms with Gasteiger partial charge in [0.05, 0.1) is 17.1 Å². The number of amides is 1. The number of nitriles is 1. The zero-order valence-electron chi connectivity index (χ0n) is 26.2. The largest absolute Gasteiger partial charge is 0.477 e. The Morgan fingerprint density at radius 3 is 2.33 bits per heavy atom. The maximum Gasteiger partial charge on any atom is 0.410 e. The molecule has 0 saturated carbocycles. The number of benzene rings is 1. The quantitative estimate of drug-likeness (QED) is 0.284. The van der Waals surface area contributed by atoms with Gasteiger partial charge in [0.25, 0.3) is 0 Å². The van der Waals surface area contributed by atoms with Crippen LogP contribution in [0.15, 0.2) is 54.7 Å². The third-order valence-electron chi connectivity index (χ3n) is 8.26. The molecule has 2 aliphatic rings. The number of fused-ring (bicyclic) bond motifs is 1. The molecule has 12 nitrogen and oxygen atoms in total. The normalized spacial score (nSPS) is 16.3. The third-order valence-corrected chi connectivity index (χ3v) is 8.26. The van der Waals surface area contributed by atoms with E-state index in [1.54, 1.807) is 15.8 Å². The van der Waals surface area contributed by atoms with Crippen LogP contribution in [0.5, 0.6) is 5.88 Å². The van der Waals surface area contributed by atoms with E-state index in [9.17, 15) is 20.0 Å². The maximum absolute atomic E-state index is 12.6. The first-order valence-electron chi connectivity index (χ1n) is 15.6. The van der Waals surface area contributed by atoms with Gasteiger partial charge in [-0.05, 0) is 63.9 Å². The second-order valence-electron chi connectivity index (χ2n) is 12.7. The lowest BCUT2D eigenvalue weighted by Crippen LogP contribution is -2.44. The molecule has 46 heavy (non-hydrogen) atoms. The molecule has 0 atom stereocenters. The van der Waals surface area contributed by atoms with Gasteiger partial charge in [0.2, 0.25) is 5.88 Å². The van der Waals surface area contributed by atoms with E-state index in [4.69, 9.17) is 19.6 Å². The molecule has 6 rings (SSSR count). The highest BCUT2D eigenvalue weighted by atomic mass is 16.6. The Morgan fingerprint density at radius 1 is 1.00 bits per heavy atom. The van der Waals surface area contributed by atoms with Gasteiger partial charge in [-0.2, -0.15) is 5.26 Å². The Bertz CT molecular complexity index is 1760. The van der Waals surface area contributed by atoms with Crippen LogP contribution >= 0.6 is 0 Å². The van der Waals surface area contributed by atoms with Crippen molar-refractivity contribution in [2.24, 2.45) is 5.92 Å². The molecule has 2 fully saturated rings. The van der Waals surface area contributed by atoms with Crippen LogP contribution in [0, 0.1) is 17.2 Å². The number of piperidine rings is 2. The number of likely N-dealkylation sites (tertiary alicyclic amines) is 1. The number of carboxylic acids is 1. The highest BCUT2D eigenvalue weighted by Crippen LogP contribution is 2.38. The number of aromatic carboxylic acids is 1. The summed E-state index contributed by atoms with van der Waals surface area (Å²) in [6, 6.07) is 17.1. The fourth-order valence-corrected chi connectivity index (χ4v) is 5.86. The first kappa shape index (κ1) is 30.8. The first-order chi connectivity index (χ1) is 22.1. The number of hydrogen-bond donors (Lipinski definition) is 1. The lowest BCUT2D eigenvalue weighted by atomic mass is 9.98. The van der Waals surface area contributed by atoms with Crippen molar-refractivity contribution in [2.45, 2.75) is 58.2 Å². The molecule has 0 spiro atoms. The highest BCUT2D eigenvalue weighted by molar-refractivity contribution is 6.01. The van der Waals surface area contributed by atoms with Crippen LogP contribution in [0.4, 0.5) is 10.6 Å². The lowest BCUT2D eigenvalue weighted by Gasteiger charge is -2.33. The average molecular weight is 624 g/mol. The Hall–Kier alpha value is -5.18. The van der Waals surface area contributed by atoms with E-state index in [-0.39, 0.29) is 23.8 Å². The fraction of sp³-hybridized carbons (Fsp3) is 0.412. The van der Waals surface area contributed by atoms with Crippen molar-refractivity contribution in [1.29, 1.82) is 5.26 Å². The van der Waals surface area contributed by atoms with Crippen molar-refractivity contribution in [3.8, 4) is 28.8 Å². The minimum Gasteiger partial charge on any atom is -0.477 e. The molecule has 2 saturated heterocycles. The highest BCUT2D eigenvalue weighted by Gasteiger charge is 2.30. The molecule has 0 aliphatic carbocycles. The van der Waals surface area contributed by atoms with Crippen LogP contribution in [0.3, 0.4) is 0 Å². The van der Waals surface area contributed by atoms with E-state index >= 15 is 0 Å². The SMILES string of the molecule is CC(C)(C)OC(=O)N1CCC(Oc2nn(-c3ccccc3)c3nc(C(=O)O)cc(-c4ccc(N5CCC(C#N)CC5)nc4)c23)CC1. The van der Waals surface area contributed by atoms with Gasteiger partial charge in [-0.1, -0.05) is 18.2 Å². The van der Waals surface area contributed by atoms with Crippen molar-refractivity contribution in [2.75, 3.05) is 31.1 Å². The van der Waals surface area contributed by atoms with Crippen molar-refractivity contribution < 1.29 is 24.2 Å². The van der Waals surface area contributed by atoms with Crippen LogP contribution in [-0.4, -0.2) is 79.7 Å². The van der Waals surface area contributed by atoms with Crippen LogP contribution < -0.4 is 9.64 Å². The Morgan fingerprint density at radius 2 is 1.72 bits per heavy atom. The molecular weight excluding hydrogens is 586 g/mol. The molecular formula is C34H37N7O5. The zero-order chi connectivity index (χ0) is 32.4. The summed E-state index contributed by atoms with van der Waals surface area (Å²) in [5.41, 5.74) is 1.64. The van der Waals surface area contributed by atoms with Crippen molar-refractivity contribution in [3.05, 3.63) is 60.4 Å². The van der Waals surface area contributed by atoms with Crippen LogP contribution in [0.2, 0.25) is 0 Å². The van der Waals surface area contributed by atoms with Gasteiger partial charge in [-0.3, -0.25) is 0 Å². The number of carbonyl (C=O) groups excluding carboxylic acids is 1. The minimum absolute atomic E-state index is 0.0687. The molecule has 12 heteroatoms. The van der Waals surface area contributed by atoms with E-state index in [1.807, 2.05) is 63.2 Å². The summed E-state index contributed by atoms with van der Waals surface area (Å²) >= 11 is 0. The topological polar surface area (TPSA) is 147 Å². The van der Waals surface area contributed by atoms with Crippen LogP contribution in [-0.2, 0) is 4.74 Å². The molecule has 5 heterocycles. The Kier molecular flexibility index (Phi) is 8.49. The van der Waals surface area contributed by atoms with Gasteiger partial charge in [-0.25, -0.2) is 24.2 Å². The van der Waals surface area contributed by atoms with Gasteiger partial charge in [-0.15, -0.1) is 5.10 Å². The summed E-state index contributed by atoms with van der Waals surface area (Å²) in [7, 11) is 0. The number of ether oxygens (including phenoxy) is 2. The van der Waals surface area contributed by atoms with Gasteiger partial charge in [0, 0.05) is 62.3 Å². The number of aromatic nitrogens is 4. The van der Waals surface area contributed by atoms with Crippen molar-refractivity contribution >= 4 is 28.9 Å². The summed E-state index contributed by atoms with van der Waals surface area (Å²) in [5, 5.41) is 24.7. The van der Waals surface area contributed by atoms with Gasteiger partial charge in [0.1, 0.15) is 17.5 Å². The van der Waals surface area contributed by atoms with E-state index in [2.05, 4.69) is 16.0 Å². The Labute approximate surface area is 267 Å². The molecule has 0 radical (unpaired) electrons. The van der Waals surface area contributed by atoms with E-state index in [0.29, 0.717) is 59.7 Å². The molecule has 238 valence electrons. The molecule has 1 amide bonds. The summed E-state index contributed by atoms with van der Waals surface area (Å²) in [6.45, 7) is 7.99. The second kappa shape index (κ2) is 12.7. The predicted octanol–water partition coefficient (Wildman–Crippen LogP) is 5.70. The maximum atomic E-state index is 12.6. The molecule has 1 N–H and O–H groups in total. The lowest BCUT2D eigenvalue weighted by molar-refractivity contribution is 0.0123. The summed E-state index contributed by atoms with van der Waals surface area (Å²) in [6.07, 6.45) is 3.90. The minimum atomic E-state index is -1.16. The molecule has 2 aliphatic heterocycles. The average Bonchev–Trinajstić information content (AvgIpc) is 3.42. The van der Waals surface area contributed by atoms with Gasteiger partial charge < -0.3 is 24.4 Å². The first-order valence-corrected chi connectivity index (χ1v) is 15.6. The second-order valence-corrected chi connectivity index (χ2v) is 12.7. The predicted molar refractivity (Wildman–Crippen MR) is 171 cm³/mol. The van der Waals surface area contributed by atoms with E-state index in [1.165, 1.54) is 6.07 Å². The van der Waals surface area contributed by atoms with E-state index < -0.39 is 11.6 Å². The van der Waals surface area contributed by atoms with E-state index in [0.717, 1.165) is 31.7 Å². The number of carbonyl (C=O) groups is 2. The number of carboxylic acid groups (broad SMARTS) is 1. The van der Waals surface area contributed by atoms with Crippen molar-refractivity contribution in [3.63, 3.8) is 0 Å². The summed E-state index contributed by atoms with van der Waals surface area (Å²) in [5.74, 6) is 0.0406. The van der Waals surface area contributed by atoms with Gasteiger partial charge >= 0.3 is 12.1 Å². The number of anilines is 1. The molecule has 0 bridgehead atoms. The molecule has 4 aromatic rings. The Balaban J connectivity index is 1.36.